The summed E-state index contributed by atoms with van der Waals surface area (Å²) in [6.45, 7) is 2.86. The predicted octanol–water partition coefficient (Wildman–Crippen LogP) is 2.28. The van der Waals surface area contributed by atoms with Gasteiger partial charge in [-0.15, -0.1) is 0 Å². The first-order chi connectivity index (χ1) is 11.8. The van der Waals surface area contributed by atoms with E-state index in [2.05, 4.69) is 11.9 Å². The van der Waals surface area contributed by atoms with Crippen molar-refractivity contribution >= 4 is 11.8 Å². The molecule has 136 valence electrons. The van der Waals surface area contributed by atoms with Gasteiger partial charge in [-0.25, -0.2) is 0 Å². The number of para-hydroxylation sites is 1. The third-order valence-corrected chi connectivity index (χ3v) is 3.86. The van der Waals surface area contributed by atoms with Gasteiger partial charge in [0.25, 0.3) is 0 Å². The number of rotatable bonds is 6. The molecule has 1 heterocycles. The molecule has 0 aliphatic carbocycles. The lowest BCUT2D eigenvalue weighted by Gasteiger charge is -2.16. The second kappa shape index (κ2) is 8.04. The summed E-state index contributed by atoms with van der Waals surface area (Å²) in [5.41, 5.74) is 0.456. The molecule has 1 aliphatic heterocycles. The fourth-order valence-electron chi connectivity index (χ4n) is 2.58. The summed E-state index contributed by atoms with van der Waals surface area (Å²) in [6.07, 6.45) is -2.69. The molecule has 0 aromatic heterocycles. The highest BCUT2D eigenvalue weighted by atomic mass is 19.4. The molecule has 1 aromatic rings. The van der Waals surface area contributed by atoms with E-state index in [1.165, 1.54) is 17.0 Å². The third-order valence-electron chi connectivity index (χ3n) is 3.86. The smallest absolute Gasteiger partial charge is 0.422 e. The maximum absolute atomic E-state index is 12.3. The lowest BCUT2D eigenvalue weighted by Crippen LogP contribution is -2.34. The Morgan fingerprint density at radius 3 is 2.76 bits per heavy atom. The van der Waals surface area contributed by atoms with Crippen LogP contribution in [0.2, 0.25) is 0 Å². The Labute approximate surface area is 143 Å². The van der Waals surface area contributed by atoms with E-state index in [9.17, 15) is 22.8 Å². The van der Waals surface area contributed by atoms with Gasteiger partial charge in [-0.3, -0.25) is 9.59 Å². The van der Waals surface area contributed by atoms with Crippen molar-refractivity contribution in [3.8, 4) is 5.75 Å². The second-order valence-corrected chi connectivity index (χ2v) is 5.70. The molecule has 1 atom stereocenters. The van der Waals surface area contributed by atoms with Gasteiger partial charge in [0.05, 0.1) is 5.92 Å². The van der Waals surface area contributed by atoms with Crippen molar-refractivity contribution in [2.75, 3.05) is 19.7 Å². The molecule has 2 rings (SSSR count). The van der Waals surface area contributed by atoms with Gasteiger partial charge in [0.1, 0.15) is 5.75 Å². The maximum atomic E-state index is 12.3. The van der Waals surface area contributed by atoms with E-state index in [-0.39, 0.29) is 30.0 Å². The van der Waals surface area contributed by atoms with E-state index >= 15 is 0 Å². The summed E-state index contributed by atoms with van der Waals surface area (Å²) in [5.74, 6) is -0.728. The zero-order valence-corrected chi connectivity index (χ0v) is 13.5. The largest absolute Gasteiger partial charge is 0.484 e. The molecule has 1 fully saturated rings. The van der Waals surface area contributed by atoms with Crippen LogP contribution in [-0.4, -0.2) is 42.6 Å². The molecule has 1 aliphatic rings. The van der Waals surface area contributed by atoms with Crippen LogP contribution >= 0.6 is 0 Å². The second-order valence-electron chi connectivity index (χ2n) is 5.70. The molecule has 25 heavy (non-hydrogen) atoms. The predicted molar refractivity (Wildman–Crippen MR) is 84.7 cm³/mol. The standard InChI is InChI=1S/C17H19F3N2O3/c1-2-15(23)22-8-7-13(10-22)16(24)21-9-12-5-3-4-6-14(12)25-11-17(18,19)20/h2-6,13H,1,7-11H2,(H,21,24). The first kappa shape index (κ1) is 18.8. The average Bonchev–Trinajstić information content (AvgIpc) is 3.07. The van der Waals surface area contributed by atoms with Crippen molar-refractivity contribution in [1.29, 1.82) is 0 Å². The first-order valence-corrected chi connectivity index (χ1v) is 7.76. The van der Waals surface area contributed by atoms with Crippen LogP contribution in [0.1, 0.15) is 12.0 Å². The van der Waals surface area contributed by atoms with E-state index in [4.69, 9.17) is 4.74 Å². The van der Waals surface area contributed by atoms with E-state index < -0.39 is 12.8 Å². The average molecular weight is 356 g/mol. The molecule has 0 spiro atoms. The number of hydrogen-bond donors (Lipinski definition) is 1. The fourth-order valence-corrected chi connectivity index (χ4v) is 2.58. The van der Waals surface area contributed by atoms with Crippen LogP contribution in [0.25, 0.3) is 0 Å². The van der Waals surface area contributed by atoms with E-state index in [1.54, 1.807) is 18.2 Å². The monoisotopic (exact) mass is 356 g/mol. The lowest BCUT2D eigenvalue weighted by atomic mass is 10.1. The number of halogens is 3. The molecular formula is C17H19F3N2O3. The van der Waals surface area contributed by atoms with Crippen molar-refractivity contribution in [2.45, 2.75) is 19.1 Å². The third kappa shape index (κ3) is 5.51. The minimum atomic E-state index is -4.43. The Kier molecular flexibility index (Phi) is 6.06. The van der Waals surface area contributed by atoms with Gasteiger partial charge in [0.2, 0.25) is 11.8 Å². The quantitative estimate of drug-likeness (QED) is 0.796. The van der Waals surface area contributed by atoms with E-state index in [0.717, 1.165) is 0 Å². The van der Waals surface area contributed by atoms with E-state index in [0.29, 0.717) is 25.1 Å². The minimum absolute atomic E-state index is 0.0543. The van der Waals surface area contributed by atoms with Crippen LogP contribution in [0.15, 0.2) is 36.9 Å². The summed E-state index contributed by atoms with van der Waals surface area (Å²) in [7, 11) is 0. The number of nitrogens with zero attached hydrogens (tertiary/aromatic N) is 1. The van der Waals surface area contributed by atoms with Crippen molar-refractivity contribution in [1.82, 2.24) is 10.2 Å². The molecule has 5 nitrogen and oxygen atoms in total. The molecule has 1 saturated heterocycles. The first-order valence-electron chi connectivity index (χ1n) is 7.76. The van der Waals surface area contributed by atoms with Gasteiger partial charge in [-0.05, 0) is 18.6 Å². The molecule has 0 bridgehead atoms. The molecule has 0 radical (unpaired) electrons. The SMILES string of the molecule is C=CC(=O)N1CCC(C(=O)NCc2ccccc2OCC(F)(F)F)C1. The normalized spacial score (nSPS) is 17.2. The molecule has 1 N–H and O–H groups in total. The number of nitrogens with one attached hydrogen (secondary N) is 1. The van der Waals surface area contributed by atoms with Gasteiger partial charge in [0.15, 0.2) is 6.61 Å². The number of carbonyl (C=O) groups excluding carboxylic acids is 2. The number of amides is 2. The van der Waals surface area contributed by atoms with Crippen molar-refractivity contribution < 1.29 is 27.5 Å². The summed E-state index contributed by atoms with van der Waals surface area (Å²) in [5, 5.41) is 2.69. The van der Waals surface area contributed by atoms with Crippen molar-refractivity contribution in [2.24, 2.45) is 5.92 Å². The van der Waals surface area contributed by atoms with Gasteiger partial charge < -0.3 is 15.0 Å². The zero-order chi connectivity index (χ0) is 18.4. The number of carbonyl (C=O) groups is 2. The number of ether oxygens (including phenoxy) is 1. The van der Waals surface area contributed by atoms with Crippen LogP contribution in [0.5, 0.6) is 5.75 Å². The number of benzene rings is 1. The molecule has 1 unspecified atom stereocenters. The summed E-state index contributed by atoms with van der Waals surface area (Å²) < 4.78 is 41.6. The van der Waals surface area contributed by atoms with Crippen LogP contribution < -0.4 is 10.1 Å². The molecule has 8 heteroatoms. The van der Waals surface area contributed by atoms with Gasteiger partial charge in [-0.1, -0.05) is 24.8 Å². The Hall–Kier alpha value is -2.51. The fraction of sp³-hybridized carbons (Fsp3) is 0.412. The van der Waals surface area contributed by atoms with Crippen molar-refractivity contribution in [3.05, 3.63) is 42.5 Å². The van der Waals surface area contributed by atoms with Crippen LogP contribution in [-0.2, 0) is 16.1 Å². The number of alkyl halides is 3. The van der Waals surface area contributed by atoms with Gasteiger partial charge in [-0.2, -0.15) is 13.2 Å². The summed E-state index contributed by atoms with van der Waals surface area (Å²) in [4.78, 5) is 25.3. The van der Waals surface area contributed by atoms with Crippen LogP contribution in [0.3, 0.4) is 0 Å². The Morgan fingerprint density at radius 1 is 1.36 bits per heavy atom. The Balaban J connectivity index is 1.90. The Bertz CT molecular complexity index is 646. The van der Waals surface area contributed by atoms with Gasteiger partial charge in [0, 0.05) is 25.2 Å². The minimum Gasteiger partial charge on any atom is -0.484 e. The highest BCUT2D eigenvalue weighted by Gasteiger charge is 2.30. The number of likely N-dealkylation sites (tertiary alicyclic amines) is 1. The lowest BCUT2D eigenvalue weighted by molar-refractivity contribution is -0.153. The zero-order valence-electron chi connectivity index (χ0n) is 13.5. The van der Waals surface area contributed by atoms with E-state index in [1.807, 2.05) is 0 Å². The number of hydrogen-bond acceptors (Lipinski definition) is 3. The van der Waals surface area contributed by atoms with Crippen LogP contribution in [0, 0.1) is 5.92 Å². The molecule has 0 saturated carbocycles. The maximum Gasteiger partial charge on any atom is 0.422 e. The topological polar surface area (TPSA) is 58.6 Å². The van der Waals surface area contributed by atoms with Crippen LogP contribution in [0.4, 0.5) is 13.2 Å². The summed E-state index contributed by atoms with van der Waals surface area (Å²) >= 11 is 0. The molecular weight excluding hydrogens is 337 g/mol. The molecule has 2 amide bonds. The molecule has 1 aromatic carbocycles. The van der Waals surface area contributed by atoms with Gasteiger partial charge >= 0.3 is 6.18 Å². The summed E-state index contributed by atoms with van der Waals surface area (Å²) in [6, 6.07) is 6.23. The Morgan fingerprint density at radius 2 is 2.08 bits per heavy atom. The van der Waals surface area contributed by atoms with Crippen molar-refractivity contribution in [3.63, 3.8) is 0 Å². The highest BCUT2D eigenvalue weighted by Crippen LogP contribution is 2.22. The highest BCUT2D eigenvalue weighted by molar-refractivity contribution is 5.88.